The minimum Gasteiger partial charge on any atom is -0.313 e. The van der Waals surface area contributed by atoms with E-state index >= 15 is 0 Å². The Labute approximate surface area is 87.4 Å². The summed E-state index contributed by atoms with van der Waals surface area (Å²) < 4.78 is 0. The molecule has 2 rings (SSSR count). The van der Waals surface area contributed by atoms with Crippen molar-refractivity contribution in [2.75, 3.05) is 40.3 Å². The fourth-order valence-corrected chi connectivity index (χ4v) is 2.62. The topological polar surface area (TPSA) is 18.5 Å². The fourth-order valence-electron chi connectivity index (χ4n) is 2.62. The molecule has 0 aromatic rings. The predicted molar refractivity (Wildman–Crippen MR) is 59.6 cm³/mol. The molecule has 0 aliphatic carbocycles. The maximum atomic E-state index is 3.57. The molecule has 2 heterocycles. The van der Waals surface area contributed by atoms with Crippen molar-refractivity contribution in [3.8, 4) is 0 Å². The maximum absolute atomic E-state index is 3.57. The Balaban J connectivity index is 1.72. The van der Waals surface area contributed by atoms with Crippen molar-refractivity contribution in [3.05, 3.63) is 0 Å². The van der Waals surface area contributed by atoms with E-state index in [-0.39, 0.29) is 0 Å². The molecular formula is C11H23N3. The van der Waals surface area contributed by atoms with Gasteiger partial charge in [0.15, 0.2) is 0 Å². The zero-order valence-electron chi connectivity index (χ0n) is 9.50. The molecular weight excluding hydrogens is 174 g/mol. The Morgan fingerprint density at radius 1 is 1.36 bits per heavy atom. The third-order valence-electron chi connectivity index (χ3n) is 3.62. The standard InChI is InChI=1S/C11H23N3/c1-13(2)11-5-7-14(9-11)8-10-4-3-6-12-10/h10-12H,3-9H2,1-2H3. The molecule has 14 heavy (non-hydrogen) atoms. The van der Waals surface area contributed by atoms with Crippen LogP contribution in [-0.4, -0.2) is 62.2 Å². The van der Waals surface area contributed by atoms with Gasteiger partial charge in [0.2, 0.25) is 0 Å². The summed E-state index contributed by atoms with van der Waals surface area (Å²) in [5.41, 5.74) is 0. The van der Waals surface area contributed by atoms with E-state index in [0.717, 1.165) is 12.1 Å². The van der Waals surface area contributed by atoms with Gasteiger partial charge in [-0.15, -0.1) is 0 Å². The SMILES string of the molecule is CN(C)C1CCN(CC2CCCN2)C1. The predicted octanol–water partition coefficient (Wildman–Crippen LogP) is 0.374. The molecule has 0 saturated carbocycles. The van der Waals surface area contributed by atoms with Crippen LogP contribution in [0.3, 0.4) is 0 Å². The number of hydrogen-bond acceptors (Lipinski definition) is 3. The van der Waals surface area contributed by atoms with Gasteiger partial charge in [0, 0.05) is 25.2 Å². The molecule has 2 unspecified atom stereocenters. The third kappa shape index (κ3) is 2.47. The van der Waals surface area contributed by atoms with E-state index in [0.29, 0.717) is 0 Å². The first-order chi connectivity index (χ1) is 6.75. The van der Waals surface area contributed by atoms with Gasteiger partial charge in [-0.05, 0) is 46.4 Å². The van der Waals surface area contributed by atoms with Crippen LogP contribution in [0.15, 0.2) is 0 Å². The summed E-state index contributed by atoms with van der Waals surface area (Å²) in [6.45, 7) is 5.06. The molecule has 0 aromatic heterocycles. The van der Waals surface area contributed by atoms with Crippen LogP contribution in [0.1, 0.15) is 19.3 Å². The van der Waals surface area contributed by atoms with Crippen LogP contribution in [-0.2, 0) is 0 Å². The molecule has 0 spiro atoms. The van der Waals surface area contributed by atoms with Crippen LogP contribution < -0.4 is 5.32 Å². The number of hydrogen-bond donors (Lipinski definition) is 1. The number of nitrogens with zero attached hydrogens (tertiary/aromatic N) is 2. The van der Waals surface area contributed by atoms with Crippen molar-refractivity contribution in [1.29, 1.82) is 0 Å². The average molecular weight is 197 g/mol. The Morgan fingerprint density at radius 2 is 2.21 bits per heavy atom. The van der Waals surface area contributed by atoms with Gasteiger partial charge < -0.3 is 15.1 Å². The second-order valence-electron chi connectivity index (χ2n) is 4.96. The monoisotopic (exact) mass is 197 g/mol. The molecule has 3 nitrogen and oxygen atoms in total. The lowest BCUT2D eigenvalue weighted by Gasteiger charge is -2.22. The fraction of sp³-hybridized carbons (Fsp3) is 1.00. The number of nitrogens with one attached hydrogen (secondary N) is 1. The zero-order valence-corrected chi connectivity index (χ0v) is 9.50. The molecule has 0 bridgehead atoms. The van der Waals surface area contributed by atoms with E-state index in [1.54, 1.807) is 0 Å². The van der Waals surface area contributed by atoms with Crippen molar-refractivity contribution in [3.63, 3.8) is 0 Å². The van der Waals surface area contributed by atoms with Gasteiger partial charge >= 0.3 is 0 Å². The summed E-state index contributed by atoms with van der Waals surface area (Å²) in [6.07, 6.45) is 4.10. The van der Waals surface area contributed by atoms with E-state index in [4.69, 9.17) is 0 Å². The third-order valence-corrected chi connectivity index (χ3v) is 3.62. The summed E-state index contributed by atoms with van der Waals surface area (Å²) in [5.74, 6) is 0. The highest BCUT2D eigenvalue weighted by molar-refractivity contribution is 4.85. The smallest absolute Gasteiger partial charge is 0.0229 e. The molecule has 3 heteroatoms. The van der Waals surface area contributed by atoms with Crippen molar-refractivity contribution in [1.82, 2.24) is 15.1 Å². The molecule has 2 aliphatic heterocycles. The first kappa shape index (κ1) is 10.4. The number of likely N-dealkylation sites (N-methyl/N-ethyl adjacent to an activating group) is 1. The lowest BCUT2D eigenvalue weighted by atomic mass is 10.2. The van der Waals surface area contributed by atoms with Gasteiger partial charge in [0.1, 0.15) is 0 Å². The molecule has 82 valence electrons. The molecule has 0 radical (unpaired) electrons. The summed E-state index contributed by atoms with van der Waals surface area (Å²) >= 11 is 0. The first-order valence-corrected chi connectivity index (χ1v) is 5.88. The lowest BCUT2D eigenvalue weighted by Crippen LogP contribution is -2.38. The normalized spacial score (nSPS) is 34.5. The molecule has 1 N–H and O–H groups in total. The van der Waals surface area contributed by atoms with E-state index < -0.39 is 0 Å². The van der Waals surface area contributed by atoms with E-state index in [2.05, 4.69) is 29.2 Å². The maximum Gasteiger partial charge on any atom is 0.0229 e. The van der Waals surface area contributed by atoms with Gasteiger partial charge in [-0.3, -0.25) is 0 Å². The largest absolute Gasteiger partial charge is 0.313 e. The van der Waals surface area contributed by atoms with Gasteiger partial charge in [0.25, 0.3) is 0 Å². The van der Waals surface area contributed by atoms with Crippen LogP contribution in [0.2, 0.25) is 0 Å². The van der Waals surface area contributed by atoms with Crippen LogP contribution >= 0.6 is 0 Å². The van der Waals surface area contributed by atoms with Gasteiger partial charge in [-0.25, -0.2) is 0 Å². The highest BCUT2D eigenvalue weighted by Gasteiger charge is 2.26. The second-order valence-corrected chi connectivity index (χ2v) is 4.96. The summed E-state index contributed by atoms with van der Waals surface area (Å²) in [5, 5.41) is 3.57. The van der Waals surface area contributed by atoms with Crippen LogP contribution in [0.25, 0.3) is 0 Å². The van der Waals surface area contributed by atoms with Gasteiger partial charge in [-0.1, -0.05) is 0 Å². The Bertz CT molecular complexity index is 175. The minimum absolute atomic E-state index is 0.774. The van der Waals surface area contributed by atoms with Crippen LogP contribution in [0, 0.1) is 0 Å². The summed E-state index contributed by atoms with van der Waals surface area (Å²) in [4.78, 5) is 4.98. The Hall–Kier alpha value is -0.120. The van der Waals surface area contributed by atoms with Crippen LogP contribution in [0.4, 0.5) is 0 Å². The van der Waals surface area contributed by atoms with Crippen molar-refractivity contribution >= 4 is 0 Å². The zero-order chi connectivity index (χ0) is 9.97. The number of rotatable bonds is 3. The van der Waals surface area contributed by atoms with Crippen molar-refractivity contribution in [2.24, 2.45) is 0 Å². The molecule has 2 aliphatic rings. The average Bonchev–Trinajstić information content (AvgIpc) is 2.75. The molecule has 2 saturated heterocycles. The summed E-state index contributed by atoms with van der Waals surface area (Å²) in [7, 11) is 4.39. The van der Waals surface area contributed by atoms with Crippen molar-refractivity contribution < 1.29 is 0 Å². The van der Waals surface area contributed by atoms with Crippen molar-refractivity contribution in [2.45, 2.75) is 31.3 Å². The number of likely N-dealkylation sites (tertiary alicyclic amines) is 1. The second kappa shape index (κ2) is 4.60. The van der Waals surface area contributed by atoms with E-state index in [1.807, 2.05) is 0 Å². The molecule has 0 amide bonds. The van der Waals surface area contributed by atoms with Gasteiger partial charge in [-0.2, -0.15) is 0 Å². The molecule has 2 fully saturated rings. The summed E-state index contributed by atoms with van der Waals surface area (Å²) in [6, 6.07) is 1.56. The first-order valence-electron chi connectivity index (χ1n) is 5.88. The molecule has 2 atom stereocenters. The van der Waals surface area contributed by atoms with Gasteiger partial charge in [0.05, 0.1) is 0 Å². The Kier molecular flexibility index (Phi) is 3.42. The Morgan fingerprint density at radius 3 is 2.79 bits per heavy atom. The lowest BCUT2D eigenvalue weighted by molar-refractivity contribution is 0.255. The quantitative estimate of drug-likeness (QED) is 0.705. The minimum atomic E-state index is 0.774. The van der Waals surface area contributed by atoms with Crippen LogP contribution in [0.5, 0.6) is 0 Å². The van der Waals surface area contributed by atoms with E-state index in [1.165, 1.54) is 45.4 Å². The molecule has 0 aromatic carbocycles. The highest BCUT2D eigenvalue weighted by atomic mass is 15.2. The highest BCUT2D eigenvalue weighted by Crippen LogP contribution is 2.15. The van der Waals surface area contributed by atoms with E-state index in [9.17, 15) is 0 Å².